The number of carbonyl (C=O) groups is 1. The average molecular weight is 253 g/mol. The van der Waals surface area contributed by atoms with E-state index >= 15 is 0 Å². The molecule has 0 bridgehead atoms. The third-order valence-electron chi connectivity index (χ3n) is 2.36. The highest BCUT2D eigenvalue weighted by atomic mass is 32.2. The molecule has 4 heteroatoms. The van der Waals surface area contributed by atoms with E-state index in [9.17, 15) is 4.79 Å². The molecule has 1 rings (SSSR count). The number of rotatable bonds is 7. The van der Waals surface area contributed by atoms with E-state index in [4.69, 9.17) is 5.11 Å². The van der Waals surface area contributed by atoms with Gasteiger partial charge >= 0.3 is 5.97 Å². The Morgan fingerprint density at radius 1 is 1.29 bits per heavy atom. The number of pyridine rings is 1. The van der Waals surface area contributed by atoms with Crippen LogP contribution in [-0.2, 0) is 4.79 Å². The normalized spacial score (nSPS) is 10.5. The smallest absolute Gasteiger partial charge is 0.303 e. The van der Waals surface area contributed by atoms with Gasteiger partial charge in [-0.3, -0.25) is 4.79 Å². The van der Waals surface area contributed by atoms with Gasteiger partial charge in [0.05, 0.1) is 5.03 Å². The van der Waals surface area contributed by atoms with Crippen LogP contribution in [0.1, 0.15) is 36.9 Å². The zero-order valence-corrected chi connectivity index (χ0v) is 11.2. The van der Waals surface area contributed by atoms with E-state index in [1.165, 1.54) is 5.56 Å². The van der Waals surface area contributed by atoms with Crippen molar-refractivity contribution in [2.24, 2.45) is 0 Å². The van der Waals surface area contributed by atoms with Crippen LogP contribution in [0.15, 0.2) is 17.2 Å². The molecule has 0 aliphatic heterocycles. The molecule has 17 heavy (non-hydrogen) atoms. The Labute approximate surface area is 107 Å². The lowest BCUT2D eigenvalue weighted by molar-refractivity contribution is -0.137. The van der Waals surface area contributed by atoms with Crippen molar-refractivity contribution in [3.63, 3.8) is 0 Å². The van der Waals surface area contributed by atoms with E-state index < -0.39 is 5.97 Å². The Hall–Kier alpha value is -1.03. The van der Waals surface area contributed by atoms with E-state index in [0.29, 0.717) is 0 Å². The fourth-order valence-electron chi connectivity index (χ4n) is 1.61. The van der Waals surface area contributed by atoms with Gasteiger partial charge in [0, 0.05) is 12.1 Å². The fraction of sp³-hybridized carbons (Fsp3) is 0.538. The first kappa shape index (κ1) is 14.0. The summed E-state index contributed by atoms with van der Waals surface area (Å²) in [6.45, 7) is 4.08. The van der Waals surface area contributed by atoms with E-state index in [1.54, 1.807) is 11.8 Å². The molecule has 0 radical (unpaired) electrons. The molecule has 94 valence electrons. The van der Waals surface area contributed by atoms with Crippen molar-refractivity contribution < 1.29 is 9.90 Å². The van der Waals surface area contributed by atoms with E-state index in [-0.39, 0.29) is 6.42 Å². The molecule has 0 saturated carbocycles. The van der Waals surface area contributed by atoms with Crippen LogP contribution in [0.25, 0.3) is 0 Å². The van der Waals surface area contributed by atoms with Gasteiger partial charge in [-0.05, 0) is 50.1 Å². The zero-order chi connectivity index (χ0) is 12.7. The highest BCUT2D eigenvalue weighted by Crippen LogP contribution is 2.19. The van der Waals surface area contributed by atoms with Gasteiger partial charge in [-0.1, -0.05) is 6.42 Å². The molecule has 0 saturated heterocycles. The summed E-state index contributed by atoms with van der Waals surface area (Å²) in [6.07, 6.45) is 3.08. The van der Waals surface area contributed by atoms with Crippen LogP contribution in [-0.4, -0.2) is 21.8 Å². The lowest BCUT2D eigenvalue weighted by atomic mass is 10.2. The average Bonchev–Trinajstić information content (AvgIpc) is 2.21. The second-order valence-corrected chi connectivity index (χ2v) is 5.29. The van der Waals surface area contributed by atoms with Gasteiger partial charge in [0.25, 0.3) is 0 Å². The summed E-state index contributed by atoms with van der Waals surface area (Å²) in [7, 11) is 0. The molecule has 1 heterocycles. The number of aryl methyl sites for hydroxylation is 2. The van der Waals surface area contributed by atoms with Gasteiger partial charge in [0.15, 0.2) is 0 Å². The molecular weight excluding hydrogens is 234 g/mol. The van der Waals surface area contributed by atoms with Crippen LogP contribution in [0.2, 0.25) is 0 Å². The summed E-state index contributed by atoms with van der Waals surface area (Å²) in [6, 6.07) is 4.16. The van der Waals surface area contributed by atoms with Crippen LogP contribution in [0, 0.1) is 13.8 Å². The first-order valence-corrected chi connectivity index (χ1v) is 6.86. The molecule has 3 nitrogen and oxygen atoms in total. The Morgan fingerprint density at radius 2 is 2.06 bits per heavy atom. The fourth-order valence-corrected chi connectivity index (χ4v) is 2.65. The summed E-state index contributed by atoms with van der Waals surface area (Å²) in [5.41, 5.74) is 2.30. The molecule has 0 aliphatic rings. The summed E-state index contributed by atoms with van der Waals surface area (Å²) >= 11 is 1.75. The summed E-state index contributed by atoms with van der Waals surface area (Å²) < 4.78 is 0. The van der Waals surface area contributed by atoms with Crippen molar-refractivity contribution in [1.82, 2.24) is 4.98 Å². The van der Waals surface area contributed by atoms with Crippen LogP contribution in [0.5, 0.6) is 0 Å². The Morgan fingerprint density at radius 3 is 2.71 bits per heavy atom. The number of carboxylic acid groups (broad SMARTS) is 1. The van der Waals surface area contributed by atoms with Crippen molar-refractivity contribution >= 4 is 17.7 Å². The lowest BCUT2D eigenvalue weighted by Gasteiger charge is -2.03. The monoisotopic (exact) mass is 253 g/mol. The first-order valence-electron chi connectivity index (χ1n) is 5.88. The number of nitrogens with zero attached hydrogens (tertiary/aromatic N) is 1. The van der Waals surface area contributed by atoms with Crippen LogP contribution in [0.4, 0.5) is 0 Å². The minimum absolute atomic E-state index is 0.284. The SMILES string of the molecule is Cc1cc(C)nc(SCCCCCC(=O)O)c1. The molecule has 0 aliphatic carbocycles. The van der Waals surface area contributed by atoms with Gasteiger partial charge in [-0.2, -0.15) is 0 Å². The molecule has 1 aromatic heterocycles. The minimum Gasteiger partial charge on any atom is -0.481 e. The Kier molecular flexibility index (Phi) is 6.05. The third kappa shape index (κ3) is 6.31. The van der Waals surface area contributed by atoms with Crippen molar-refractivity contribution in [2.75, 3.05) is 5.75 Å². The third-order valence-corrected chi connectivity index (χ3v) is 3.36. The highest BCUT2D eigenvalue weighted by Gasteiger charge is 2.00. The van der Waals surface area contributed by atoms with Gasteiger partial charge in [-0.25, -0.2) is 4.98 Å². The largest absolute Gasteiger partial charge is 0.481 e. The number of hydrogen-bond donors (Lipinski definition) is 1. The maximum Gasteiger partial charge on any atom is 0.303 e. The van der Waals surface area contributed by atoms with Gasteiger partial charge in [-0.15, -0.1) is 11.8 Å². The molecule has 0 fully saturated rings. The maximum absolute atomic E-state index is 10.3. The van der Waals surface area contributed by atoms with Crippen LogP contribution in [0.3, 0.4) is 0 Å². The second kappa shape index (κ2) is 7.33. The number of unbranched alkanes of at least 4 members (excludes halogenated alkanes) is 2. The van der Waals surface area contributed by atoms with Crippen molar-refractivity contribution in [3.05, 3.63) is 23.4 Å². The van der Waals surface area contributed by atoms with Crippen LogP contribution >= 0.6 is 11.8 Å². The Bertz CT molecular complexity index is 359. The van der Waals surface area contributed by atoms with Crippen molar-refractivity contribution in [2.45, 2.75) is 44.6 Å². The summed E-state index contributed by atoms with van der Waals surface area (Å²) in [5.74, 6) is 0.309. The molecule has 1 aromatic rings. The van der Waals surface area contributed by atoms with Crippen LogP contribution < -0.4 is 0 Å². The predicted molar refractivity (Wildman–Crippen MR) is 70.5 cm³/mol. The first-order chi connectivity index (χ1) is 8.08. The number of aromatic nitrogens is 1. The Balaban J connectivity index is 2.20. The summed E-state index contributed by atoms with van der Waals surface area (Å²) in [4.78, 5) is 14.8. The van der Waals surface area contributed by atoms with Crippen molar-refractivity contribution in [3.8, 4) is 0 Å². The quantitative estimate of drug-likeness (QED) is 0.597. The second-order valence-electron chi connectivity index (χ2n) is 4.18. The zero-order valence-electron chi connectivity index (χ0n) is 10.4. The van der Waals surface area contributed by atoms with E-state index in [0.717, 1.165) is 35.7 Å². The van der Waals surface area contributed by atoms with Gasteiger partial charge < -0.3 is 5.11 Å². The lowest BCUT2D eigenvalue weighted by Crippen LogP contribution is -1.94. The molecule has 0 atom stereocenters. The number of carboxylic acids is 1. The minimum atomic E-state index is -0.700. The maximum atomic E-state index is 10.3. The standard InChI is InChI=1S/C13H19NO2S/c1-10-8-11(2)14-12(9-10)17-7-5-3-4-6-13(15)16/h8-9H,3-7H2,1-2H3,(H,15,16). The van der Waals surface area contributed by atoms with Gasteiger partial charge in [0.2, 0.25) is 0 Å². The van der Waals surface area contributed by atoms with Gasteiger partial charge in [0.1, 0.15) is 0 Å². The molecule has 1 N–H and O–H groups in total. The molecule has 0 unspecified atom stereocenters. The number of thioether (sulfide) groups is 1. The molecule has 0 aromatic carbocycles. The number of hydrogen-bond acceptors (Lipinski definition) is 3. The highest BCUT2D eigenvalue weighted by molar-refractivity contribution is 7.99. The summed E-state index contributed by atoms with van der Waals surface area (Å²) in [5, 5.41) is 9.56. The predicted octanol–water partition coefficient (Wildman–Crippen LogP) is 3.44. The molecular formula is C13H19NO2S. The number of aliphatic carboxylic acids is 1. The van der Waals surface area contributed by atoms with E-state index in [1.807, 2.05) is 6.92 Å². The molecule has 0 amide bonds. The molecule has 0 spiro atoms. The topological polar surface area (TPSA) is 50.2 Å². The van der Waals surface area contributed by atoms with Crippen molar-refractivity contribution in [1.29, 1.82) is 0 Å². The van der Waals surface area contributed by atoms with E-state index in [2.05, 4.69) is 24.0 Å².